The second-order valence-electron chi connectivity index (χ2n) is 6.84. The molecule has 0 atom stereocenters. The van der Waals surface area contributed by atoms with Crippen molar-refractivity contribution < 1.29 is 4.79 Å². The second-order valence-corrected chi connectivity index (χ2v) is 6.84. The largest absolute Gasteiger partial charge is 0.368 e. The zero-order valence-corrected chi connectivity index (χ0v) is 14.3. The Hall–Kier alpha value is -1.55. The highest BCUT2D eigenvalue weighted by atomic mass is 16.2. The smallest absolute Gasteiger partial charge is 0.236 e. The summed E-state index contributed by atoms with van der Waals surface area (Å²) in [6, 6.07) is 8.52. The van der Waals surface area contributed by atoms with Gasteiger partial charge in [-0.2, -0.15) is 0 Å². The predicted molar refractivity (Wildman–Crippen MR) is 94.9 cm³/mol. The van der Waals surface area contributed by atoms with E-state index in [1.165, 1.54) is 36.9 Å². The lowest BCUT2D eigenvalue weighted by atomic mass is 10.1. The second kappa shape index (κ2) is 7.82. The molecular formula is C19H29N3O. The number of carbonyl (C=O) groups excluding carboxylic acids is 1. The van der Waals surface area contributed by atoms with Gasteiger partial charge in [0.2, 0.25) is 5.91 Å². The van der Waals surface area contributed by atoms with Crippen LogP contribution in [0.3, 0.4) is 0 Å². The Morgan fingerprint density at radius 1 is 0.913 bits per heavy atom. The molecule has 0 saturated carbocycles. The molecule has 23 heavy (non-hydrogen) atoms. The average Bonchev–Trinajstić information content (AvgIpc) is 2.84. The van der Waals surface area contributed by atoms with Crippen LogP contribution in [0.4, 0.5) is 5.69 Å². The molecule has 126 valence electrons. The number of hydrogen-bond acceptors (Lipinski definition) is 3. The lowest BCUT2D eigenvalue weighted by Crippen LogP contribution is -2.51. The quantitative estimate of drug-likeness (QED) is 0.857. The van der Waals surface area contributed by atoms with Crippen LogP contribution >= 0.6 is 0 Å². The Morgan fingerprint density at radius 3 is 2.22 bits per heavy atom. The number of benzene rings is 1. The van der Waals surface area contributed by atoms with E-state index in [2.05, 4.69) is 45.9 Å². The zero-order chi connectivity index (χ0) is 16.1. The van der Waals surface area contributed by atoms with Crippen molar-refractivity contribution in [1.82, 2.24) is 9.80 Å². The van der Waals surface area contributed by atoms with Crippen LogP contribution in [0.15, 0.2) is 24.3 Å². The molecule has 0 bridgehead atoms. The number of carbonyl (C=O) groups is 1. The Kier molecular flexibility index (Phi) is 5.55. The maximum absolute atomic E-state index is 12.6. The third kappa shape index (κ3) is 4.25. The van der Waals surface area contributed by atoms with Crippen LogP contribution in [-0.4, -0.2) is 61.5 Å². The van der Waals surface area contributed by atoms with E-state index in [-0.39, 0.29) is 0 Å². The lowest BCUT2D eigenvalue weighted by molar-refractivity contribution is -0.132. The van der Waals surface area contributed by atoms with Gasteiger partial charge < -0.3 is 9.80 Å². The van der Waals surface area contributed by atoms with Crippen LogP contribution in [0.5, 0.6) is 0 Å². The van der Waals surface area contributed by atoms with Gasteiger partial charge in [0.15, 0.2) is 0 Å². The van der Waals surface area contributed by atoms with Crippen LogP contribution in [0, 0.1) is 6.92 Å². The molecule has 0 aromatic heterocycles. The van der Waals surface area contributed by atoms with Crippen molar-refractivity contribution in [2.75, 3.05) is 50.7 Å². The number of anilines is 1. The molecule has 3 rings (SSSR count). The number of hydrogen-bond donors (Lipinski definition) is 0. The van der Waals surface area contributed by atoms with Crippen molar-refractivity contribution in [3.05, 3.63) is 29.8 Å². The van der Waals surface area contributed by atoms with E-state index in [1.54, 1.807) is 0 Å². The van der Waals surface area contributed by atoms with Gasteiger partial charge >= 0.3 is 0 Å². The van der Waals surface area contributed by atoms with Gasteiger partial charge in [-0.3, -0.25) is 9.69 Å². The van der Waals surface area contributed by atoms with E-state index in [9.17, 15) is 4.79 Å². The van der Waals surface area contributed by atoms with Crippen LogP contribution in [0.2, 0.25) is 0 Å². The number of para-hydroxylation sites is 1. The van der Waals surface area contributed by atoms with Crippen molar-refractivity contribution >= 4 is 11.6 Å². The number of amides is 1. The lowest BCUT2D eigenvalue weighted by Gasteiger charge is -2.37. The molecule has 0 spiro atoms. The van der Waals surface area contributed by atoms with Crippen molar-refractivity contribution in [3.63, 3.8) is 0 Å². The van der Waals surface area contributed by atoms with E-state index in [0.29, 0.717) is 12.5 Å². The highest BCUT2D eigenvalue weighted by molar-refractivity contribution is 5.78. The van der Waals surface area contributed by atoms with Crippen LogP contribution in [-0.2, 0) is 4.79 Å². The van der Waals surface area contributed by atoms with Gasteiger partial charge in [0.1, 0.15) is 0 Å². The van der Waals surface area contributed by atoms with E-state index in [1.807, 2.05) is 0 Å². The molecule has 1 amide bonds. The van der Waals surface area contributed by atoms with Crippen LogP contribution in [0.25, 0.3) is 0 Å². The van der Waals surface area contributed by atoms with Gasteiger partial charge in [0.25, 0.3) is 0 Å². The molecule has 0 radical (unpaired) electrons. The van der Waals surface area contributed by atoms with Gasteiger partial charge in [-0.25, -0.2) is 0 Å². The third-order valence-electron chi connectivity index (χ3n) is 5.15. The molecule has 4 nitrogen and oxygen atoms in total. The van der Waals surface area contributed by atoms with Crippen molar-refractivity contribution in [2.24, 2.45) is 0 Å². The first-order valence-electron chi connectivity index (χ1n) is 9.05. The van der Waals surface area contributed by atoms with E-state index < -0.39 is 0 Å². The summed E-state index contributed by atoms with van der Waals surface area (Å²) in [6.45, 7) is 8.54. The molecule has 0 N–H and O–H groups in total. The topological polar surface area (TPSA) is 26.8 Å². The highest BCUT2D eigenvalue weighted by Gasteiger charge is 2.23. The minimum Gasteiger partial charge on any atom is -0.368 e. The minimum absolute atomic E-state index is 0.316. The fraction of sp³-hybridized carbons (Fsp3) is 0.632. The summed E-state index contributed by atoms with van der Waals surface area (Å²) in [5.41, 5.74) is 2.63. The molecule has 0 unspecified atom stereocenters. The van der Waals surface area contributed by atoms with E-state index in [4.69, 9.17) is 0 Å². The normalized spacial score (nSPS) is 20.4. The maximum Gasteiger partial charge on any atom is 0.236 e. The number of likely N-dealkylation sites (tertiary alicyclic amines) is 1. The number of piperazine rings is 1. The number of aryl methyl sites for hydroxylation is 1. The molecule has 1 aromatic carbocycles. The molecule has 1 aromatic rings. The average molecular weight is 315 g/mol. The zero-order valence-electron chi connectivity index (χ0n) is 14.3. The fourth-order valence-corrected chi connectivity index (χ4v) is 3.70. The molecule has 0 aliphatic carbocycles. The van der Waals surface area contributed by atoms with Gasteiger partial charge in [-0.15, -0.1) is 0 Å². The SMILES string of the molecule is Cc1ccccc1N1CCN(C(=O)CN2CCCCCC2)CC1. The van der Waals surface area contributed by atoms with E-state index >= 15 is 0 Å². The van der Waals surface area contributed by atoms with Gasteiger partial charge in [-0.1, -0.05) is 31.0 Å². The molecule has 2 aliphatic rings. The molecule has 4 heteroatoms. The fourth-order valence-electron chi connectivity index (χ4n) is 3.70. The Balaban J connectivity index is 1.50. The Morgan fingerprint density at radius 2 is 1.57 bits per heavy atom. The number of nitrogens with zero attached hydrogens (tertiary/aromatic N) is 3. The monoisotopic (exact) mass is 315 g/mol. The van der Waals surface area contributed by atoms with Gasteiger partial charge in [-0.05, 0) is 44.5 Å². The summed E-state index contributed by atoms with van der Waals surface area (Å²) < 4.78 is 0. The summed E-state index contributed by atoms with van der Waals surface area (Å²) in [6.07, 6.45) is 5.13. The number of rotatable bonds is 3. The minimum atomic E-state index is 0.316. The summed E-state index contributed by atoms with van der Waals surface area (Å²) >= 11 is 0. The van der Waals surface area contributed by atoms with Crippen LogP contribution in [0.1, 0.15) is 31.2 Å². The third-order valence-corrected chi connectivity index (χ3v) is 5.15. The Bertz CT molecular complexity index is 515. The summed E-state index contributed by atoms with van der Waals surface area (Å²) in [5.74, 6) is 0.316. The van der Waals surface area contributed by atoms with E-state index in [0.717, 1.165) is 39.3 Å². The van der Waals surface area contributed by atoms with Crippen LogP contribution < -0.4 is 4.90 Å². The highest BCUT2D eigenvalue weighted by Crippen LogP contribution is 2.21. The molecule has 2 aliphatic heterocycles. The van der Waals surface area contributed by atoms with Crippen molar-refractivity contribution in [3.8, 4) is 0 Å². The first kappa shape index (κ1) is 16.3. The predicted octanol–water partition coefficient (Wildman–Crippen LogP) is 2.52. The molecule has 2 saturated heterocycles. The van der Waals surface area contributed by atoms with Crippen molar-refractivity contribution in [1.29, 1.82) is 0 Å². The van der Waals surface area contributed by atoms with Gasteiger partial charge in [0, 0.05) is 31.9 Å². The summed E-state index contributed by atoms with van der Waals surface area (Å²) in [7, 11) is 0. The Labute approximate surface area is 140 Å². The summed E-state index contributed by atoms with van der Waals surface area (Å²) in [4.78, 5) is 19.4. The standard InChI is InChI=1S/C19H29N3O/c1-17-8-4-5-9-18(17)21-12-14-22(15-13-21)19(23)16-20-10-6-2-3-7-11-20/h4-5,8-9H,2-3,6-7,10-16H2,1H3. The van der Waals surface area contributed by atoms with Gasteiger partial charge in [0.05, 0.1) is 6.54 Å². The first-order valence-corrected chi connectivity index (χ1v) is 9.05. The maximum atomic E-state index is 12.6. The first-order chi connectivity index (χ1) is 11.2. The summed E-state index contributed by atoms with van der Waals surface area (Å²) in [5, 5.41) is 0. The molecule has 2 heterocycles. The van der Waals surface area contributed by atoms with Crippen molar-refractivity contribution in [2.45, 2.75) is 32.6 Å². The molecule has 2 fully saturated rings. The molecular weight excluding hydrogens is 286 g/mol.